The van der Waals surface area contributed by atoms with Crippen molar-refractivity contribution in [2.24, 2.45) is 5.10 Å². The maximum Gasteiger partial charge on any atom is 0.346 e. The lowest BCUT2D eigenvalue weighted by atomic mass is 9.92. The van der Waals surface area contributed by atoms with Gasteiger partial charge in [-0.3, -0.25) is 4.79 Å². The number of halogens is 5. The van der Waals surface area contributed by atoms with Gasteiger partial charge in [0.25, 0.3) is 5.91 Å². The molecule has 1 saturated heterocycles. The smallest absolute Gasteiger partial charge is 0.318 e. The van der Waals surface area contributed by atoms with E-state index in [9.17, 15) is 31.5 Å². The second-order valence-electron chi connectivity index (χ2n) is 5.77. The highest BCUT2D eigenvalue weighted by molar-refractivity contribution is 6.07. The third kappa shape index (κ3) is 2.82. The van der Waals surface area contributed by atoms with Crippen LogP contribution in [0.1, 0.15) is 18.1 Å². The molecule has 140 valence electrons. The van der Waals surface area contributed by atoms with E-state index >= 15 is 0 Å². The van der Waals surface area contributed by atoms with E-state index in [0.29, 0.717) is 5.56 Å². The van der Waals surface area contributed by atoms with Crippen LogP contribution < -0.4 is 5.32 Å². The Balaban J connectivity index is 1.98. The summed E-state index contributed by atoms with van der Waals surface area (Å²) in [4.78, 5) is 24.6. The molecular weight excluding hydrogens is 373 g/mol. The van der Waals surface area contributed by atoms with Crippen molar-refractivity contribution in [3.8, 4) is 0 Å². The Bertz CT molecular complexity index is 951. The Morgan fingerprint density at radius 3 is 2.00 bits per heavy atom. The molecule has 0 aliphatic carbocycles. The highest BCUT2D eigenvalue weighted by Gasteiger charge is 2.49. The minimum atomic E-state index is -2.33. The quantitative estimate of drug-likeness (QED) is 0.291. The Hall–Kier alpha value is -3.30. The Morgan fingerprint density at radius 2 is 1.44 bits per heavy atom. The van der Waals surface area contributed by atoms with Crippen LogP contribution in [0.4, 0.5) is 26.7 Å². The third-order valence-electron chi connectivity index (χ3n) is 4.07. The molecule has 0 radical (unpaired) electrons. The van der Waals surface area contributed by atoms with Gasteiger partial charge in [0.1, 0.15) is 5.54 Å². The number of nitrogens with one attached hydrogen (secondary N) is 1. The van der Waals surface area contributed by atoms with Crippen molar-refractivity contribution in [1.29, 1.82) is 0 Å². The van der Waals surface area contributed by atoms with Gasteiger partial charge in [-0.05, 0) is 12.5 Å². The van der Waals surface area contributed by atoms with E-state index in [1.807, 2.05) is 0 Å². The Morgan fingerprint density at radius 1 is 0.926 bits per heavy atom. The number of nitrogens with zero attached hydrogens (tertiary/aromatic N) is 2. The van der Waals surface area contributed by atoms with Crippen LogP contribution >= 0.6 is 0 Å². The molecule has 2 aromatic carbocycles. The molecule has 2 aromatic rings. The number of rotatable bonds is 3. The first-order valence-electron chi connectivity index (χ1n) is 7.46. The van der Waals surface area contributed by atoms with Gasteiger partial charge < -0.3 is 5.32 Å². The van der Waals surface area contributed by atoms with Crippen molar-refractivity contribution in [3.63, 3.8) is 0 Å². The predicted octanol–water partition coefficient (Wildman–Crippen LogP) is 3.18. The number of hydrogen-bond acceptors (Lipinski definition) is 3. The first kappa shape index (κ1) is 18.5. The van der Waals surface area contributed by atoms with Crippen LogP contribution in [0, 0.1) is 29.1 Å². The van der Waals surface area contributed by atoms with Crippen LogP contribution in [0.2, 0.25) is 0 Å². The number of carbonyl (C=O) groups excluding carboxylic acids is 2. The summed E-state index contributed by atoms with van der Waals surface area (Å²) in [5.74, 6) is -11.8. The summed E-state index contributed by atoms with van der Waals surface area (Å²) in [5, 5.41) is 5.95. The molecule has 1 N–H and O–H groups in total. The zero-order valence-corrected chi connectivity index (χ0v) is 13.6. The second-order valence-corrected chi connectivity index (χ2v) is 5.77. The number of carbonyl (C=O) groups is 2. The molecule has 3 amide bonds. The van der Waals surface area contributed by atoms with Crippen molar-refractivity contribution in [2.45, 2.75) is 12.5 Å². The summed E-state index contributed by atoms with van der Waals surface area (Å²) >= 11 is 0. The number of hydrogen-bond donors (Lipinski definition) is 1. The van der Waals surface area contributed by atoms with Crippen LogP contribution in [-0.2, 0) is 10.3 Å². The van der Waals surface area contributed by atoms with E-state index in [1.165, 1.54) is 6.92 Å². The maximum absolute atomic E-state index is 13.7. The van der Waals surface area contributed by atoms with E-state index in [-0.39, 0.29) is 11.2 Å². The fourth-order valence-electron chi connectivity index (χ4n) is 2.55. The summed E-state index contributed by atoms with van der Waals surface area (Å²) in [6, 6.07) is 7.05. The van der Waals surface area contributed by atoms with Gasteiger partial charge in [-0.15, -0.1) is 5.01 Å². The highest BCUT2D eigenvalue weighted by Crippen LogP contribution is 2.29. The van der Waals surface area contributed by atoms with Gasteiger partial charge in [0.2, 0.25) is 5.82 Å². The maximum atomic E-state index is 13.7. The lowest BCUT2D eigenvalue weighted by Crippen LogP contribution is -2.40. The number of benzene rings is 2. The van der Waals surface area contributed by atoms with Crippen LogP contribution in [-0.4, -0.2) is 23.2 Å². The fourth-order valence-corrected chi connectivity index (χ4v) is 2.55. The first-order valence-corrected chi connectivity index (χ1v) is 7.46. The number of imide groups is 1. The molecule has 0 unspecified atom stereocenters. The van der Waals surface area contributed by atoms with Crippen molar-refractivity contribution < 1.29 is 31.5 Å². The molecular formula is C17H10F5N3O2. The summed E-state index contributed by atoms with van der Waals surface area (Å²) in [6.45, 7) is 1.39. The molecule has 5 nitrogen and oxygen atoms in total. The number of amides is 3. The molecule has 10 heteroatoms. The summed E-state index contributed by atoms with van der Waals surface area (Å²) < 4.78 is 66.8. The fraction of sp³-hybridized carbons (Fsp3) is 0.118. The van der Waals surface area contributed by atoms with Crippen LogP contribution in [0.25, 0.3) is 0 Å². The molecule has 1 fully saturated rings. The van der Waals surface area contributed by atoms with Gasteiger partial charge in [0, 0.05) is 0 Å². The molecule has 0 saturated carbocycles. The van der Waals surface area contributed by atoms with Gasteiger partial charge in [-0.1, -0.05) is 30.3 Å². The lowest BCUT2D eigenvalue weighted by molar-refractivity contribution is -0.131. The normalized spacial score (nSPS) is 19.9. The first-order chi connectivity index (χ1) is 12.7. The van der Waals surface area contributed by atoms with Gasteiger partial charge in [-0.2, -0.15) is 5.10 Å². The van der Waals surface area contributed by atoms with Crippen molar-refractivity contribution in [1.82, 2.24) is 10.3 Å². The largest absolute Gasteiger partial charge is 0.346 e. The Kier molecular flexibility index (Phi) is 4.42. The minimum Gasteiger partial charge on any atom is -0.318 e. The van der Waals surface area contributed by atoms with E-state index < -0.39 is 52.1 Å². The molecule has 3 rings (SSSR count). The van der Waals surface area contributed by atoms with Crippen molar-refractivity contribution >= 4 is 18.2 Å². The van der Waals surface area contributed by atoms with Crippen LogP contribution in [0.15, 0.2) is 35.4 Å². The summed E-state index contributed by atoms with van der Waals surface area (Å²) in [7, 11) is 0. The van der Waals surface area contributed by atoms with E-state index in [1.54, 1.807) is 30.3 Å². The summed E-state index contributed by atoms with van der Waals surface area (Å²) in [6.07, 6.45) is 0.227. The average molecular weight is 383 g/mol. The van der Waals surface area contributed by atoms with Crippen LogP contribution in [0.5, 0.6) is 0 Å². The zero-order chi connectivity index (χ0) is 19.9. The molecule has 1 heterocycles. The van der Waals surface area contributed by atoms with E-state index in [0.717, 1.165) is 0 Å². The van der Waals surface area contributed by atoms with E-state index in [2.05, 4.69) is 10.4 Å². The molecule has 1 atom stereocenters. The van der Waals surface area contributed by atoms with Crippen molar-refractivity contribution in [3.05, 3.63) is 70.5 Å². The van der Waals surface area contributed by atoms with Gasteiger partial charge in [0.15, 0.2) is 23.3 Å². The topological polar surface area (TPSA) is 61.8 Å². The third-order valence-corrected chi connectivity index (χ3v) is 4.07. The number of hydrazone groups is 1. The van der Waals surface area contributed by atoms with Gasteiger partial charge in [-0.25, -0.2) is 26.7 Å². The standard InChI is InChI=1S/C17H10F5N3O2/c1-17(8-5-3-2-4-6-8)15(26)25(16(27)24-17)23-7-9-10(18)12(20)14(22)13(21)11(9)19/h2-7H,1H3,(H,24,27)/b23-7-/t17-/m0/s1. The van der Waals surface area contributed by atoms with Crippen LogP contribution in [0.3, 0.4) is 0 Å². The molecule has 1 aliphatic rings. The SMILES string of the molecule is C[C@@]1(c2ccccc2)NC(=O)N(/N=C\c2c(F)c(F)c(F)c(F)c2F)C1=O. The second kappa shape index (κ2) is 6.45. The molecule has 1 aliphatic heterocycles. The molecule has 0 spiro atoms. The predicted molar refractivity (Wildman–Crippen MR) is 83.0 cm³/mol. The number of urea groups is 1. The highest BCUT2D eigenvalue weighted by atomic mass is 19.2. The van der Waals surface area contributed by atoms with Gasteiger partial charge >= 0.3 is 6.03 Å². The lowest BCUT2D eigenvalue weighted by Gasteiger charge is -2.20. The minimum absolute atomic E-state index is 0.227. The average Bonchev–Trinajstić information content (AvgIpc) is 2.89. The molecule has 27 heavy (non-hydrogen) atoms. The van der Waals surface area contributed by atoms with Crippen molar-refractivity contribution in [2.75, 3.05) is 0 Å². The Labute approximate surface area is 149 Å². The monoisotopic (exact) mass is 383 g/mol. The zero-order valence-electron chi connectivity index (χ0n) is 13.6. The van der Waals surface area contributed by atoms with E-state index in [4.69, 9.17) is 0 Å². The van der Waals surface area contributed by atoms with Gasteiger partial charge in [0.05, 0.1) is 11.8 Å². The molecule has 0 bridgehead atoms. The molecule has 0 aromatic heterocycles. The summed E-state index contributed by atoms with van der Waals surface area (Å²) in [5.41, 5.74) is -2.47.